The first-order valence-corrected chi connectivity index (χ1v) is 6.96. The first-order chi connectivity index (χ1) is 10.1. The van der Waals surface area contributed by atoms with E-state index in [1.54, 1.807) is 18.2 Å². The molecule has 2 amide bonds. The molecule has 2 aromatic rings. The highest BCUT2D eigenvalue weighted by atomic mass is 35.5. The van der Waals surface area contributed by atoms with Crippen LogP contribution >= 0.6 is 11.6 Å². The van der Waals surface area contributed by atoms with E-state index in [4.69, 9.17) is 11.6 Å². The van der Waals surface area contributed by atoms with Gasteiger partial charge in [-0.3, -0.25) is 9.59 Å². The minimum absolute atomic E-state index is 0.125. The summed E-state index contributed by atoms with van der Waals surface area (Å²) < 4.78 is 0. The van der Waals surface area contributed by atoms with E-state index < -0.39 is 0 Å². The summed E-state index contributed by atoms with van der Waals surface area (Å²) in [4.78, 5) is 23.5. The predicted molar refractivity (Wildman–Crippen MR) is 84.9 cm³/mol. The largest absolute Gasteiger partial charge is 0.325 e. The molecule has 0 aliphatic rings. The zero-order valence-electron chi connectivity index (χ0n) is 11.5. The van der Waals surface area contributed by atoms with Crippen molar-refractivity contribution in [2.75, 3.05) is 16.5 Å². The molecule has 0 fully saturated rings. The third-order valence-corrected chi connectivity index (χ3v) is 3.17. The molecule has 0 radical (unpaired) electrons. The molecule has 0 heterocycles. The average Bonchev–Trinajstić information content (AvgIpc) is 2.50. The van der Waals surface area contributed by atoms with Crippen LogP contribution in [0.15, 0.2) is 48.5 Å². The van der Waals surface area contributed by atoms with Gasteiger partial charge in [-0.2, -0.15) is 0 Å². The van der Waals surface area contributed by atoms with Crippen LogP contribution < -0.4 is 10.6 Å². The summed E-state index contributed by atoms with van der Waals surface area (Å²) in [5, 5.41) is 5.46. The molecule has 2 aromatic carbocycles. The van der Waals surface area contributed by atoms with Crippen molar-refractivity contribution in [1.29, 1.82) is 0 Å². The summed E-state index contributed by atoms with van der Waals surface area (Å²) in [6.45, 7) is 1.85. The lowest BCUT2D eigenvalue weighted by atomic mass is 10.1. The standard InChI is InChI=1S/C16H15ClN2O2/c1-11-7-8-12(9-14(11)19-15(20)10-17)16(21)18-13-5-3-2-4-6-13/h2-9H,10H2,1H3,(H,18,21)(H,19,20). The van der Waals surface area contributed by atoms with Crippen LogP contribution in [-0.2, 0) is 4.79 Å². The van der Waals surface area contributed by atoms with Crippen molar-refractivity contribution < 1.29 is 9.59 Å². The summed E-state index contributed by atoms with van der Waals surface area (Å²) in [7, 11) is 0. The Morgan fingerprint density at radius 3 is 2.43 bits per heavy atom. The number of benzene rings is 2. The number of anilines is 2. The van der Waals surface area contributed by atoms with Crippen molar-refractivity contribution in [3.05, 3.63) is 59.7 Å². The Kier molecular flexibility index (Phi) is 4.95. The van der Waals surface area contributed by atoms with E-state index in [0.717, 1.165) is 11.3 Å². The highest BCUT2D eigenvalue weighted by molar-refractivity contribution is 6.29. The highest BCUT2D eigenvalue weighted by Crippen LogP contribution is 2.18. The smallest absolute Gasteiger partial charge is 0.255 e. The van der Waals surface area contributed by atoms with E-state index >= 15 is 0 Å². The van der Waals surface area contributed by atoms with Gasteiger partial charge in [-0.1, -0.05) is 24.3 Å². The number of hydrogen-bond donors (Lipinski definition) is 2. The lowest BCUT2D eigenvalue weighted by Crippen LogP contribution is -2.16. The zero-order valence-corrected chi connectivity index (χ0v) is 12.3. The lowest BCUT2D eigenvalue weighted by molar-refractivity contribution is -0.113. The maximum atomic E-state index is 12.2. The topological polar surface area (TPSA) is 58.2 Å². The quantitative estimate of drug-likeness (QED) is 0.850. The van der Waals surface area contributed by atoms with E-state index in [-0.39, 0.29) is 17.7 Å². The van der Waals surface area contributed by atoms with Gasteiger partial charge in [0.05, 0.1) is 0 Å². The molecule has 0 aliphatic heterocycles. The fourth-order valence-electron chi connectivity index (χ4n) is 1.81. The summed E-state index contributed by atoms with van der Waals surface area (Å²) in [5.74, 6) is -0.664. The zero-order chi connectivity index (χ0) is 15.2. The van der Waals surface area contributed by atoms with Crippen molar-refractivity contribution in [2.24, 2.45) is 0 Å². The van der Waals surface area contributed by atoms with E-state index in [0.29, 0.717) is 11.3 Å². The van der Waals surface area contributed by atoms with Crippen LogP contribution in [0.5, 0.6) is 0 Å². The number of rotatable bonds is 4. The fourth-order valence-corrected chi connectivity index (χ4v) is 1.87. The summed E-state index contributed by atoms with van der Waals surface area (Å²) >= 11 is 5.47. The number of halogens is 1. The normalized spacial score (nSPS) is 10.0. The van der Waals surface area contributed by atoms with Gasteiger partial charge in [0.1, 0.15) is 5.88 Å². The van der Waals surface area contributed by atoms with Crippen LogP contribution in [0, 0.1) is 6.92 Å². The van der Waals surface area contributed by atoms with Gasteiger partial charge in [-0.05, 0) is 36.8 Å². The molecule has 0 aromatic heterocycles. The Balaban J connectivity index is 2.18. The number of hydrogen-bond acceptors (Lipinski definition) is 2. The molecule has 0 spiro atoms. The van der Waals surface area contributed by atoms with Crippen LogP contribution in [0.1, 0.15) is 15.9 Å². The summed E-state index contributed by atoms with van der Waals surface area (Å²) in [5.41, 5.74) is 2.63. The number of para-hydroxylation sites is 1. The predicted octanol–water partition coefficient (Wildman–Crippen LogP) is 3.42. The second-order valence-electron chi connectivity index (χ2n) is 4.53. The molecule has 108 valence electrons. The van der Waals surface area contributed by atoms with E-state index in [1.165, 1.54) is 0 Å². The molecule has 2 rings (SSSR count). The maximum absolute atomic E-state index is 12.2. The van der Waals surface area contributed by atoms with Crippen LogP contribution in [-0.4, -0.2) is 17.7 Å². The van der Waals surface area contributed by atoms with Crippen molar-refractivity contribution in [3.8, 4) is 0 Å². The number of amides is 2. The van der Waals surface area contributed by atoms with Gasteiger partial charge in [0, 0.05) is 16.9 Å². The molecule has 4 nitrogen and oxygen atoms in total. The Morgan fingerprint density at radius 2 is 1.76 bits per heavy atom. The lowest BCUT2D eigenvalue weighted by Gasteiger charge is -2.10. The SMILES string of the molecule is Cc1ccc(C(=O)Nc2ccccc2)cc1NC(=O)CCl. The molecule has 0 atom stereocenters. The molecular weight excluding hydrogens is 288 g/mol. The van der Waals surface area contributed by atoms with E-state index in [2.05, 4.69) is 10.6 Å². The minimum atomic E-state index is -0.305. The highest BCUT2D eigenvalue weighted by Gasteiger charge is 2.10. The molecule has 21 heavy (non-hydrogen) atoms. The monoisotopic (exact) mass is 302 g/mol. The molecular formula is C16H15ClN2O2. The van der Waals surface area contributed by atoms with Crippen LogP contribution in [0.3, 0.4) is 0 Å². The van der Waals surface area contributed by atoms with Crippen molar-refractivity contribution in [2.45, 2.75) is 6.92 Å². The Labute approximate surface area is 128 Å². The molecule has 0 saturated carbocycles. The molecule has 5 heteroatoms. The maximum Gasteiger partial charge on any atom is 0.255 e. The minimum Gasteiger partial charge on any atom is -0.325 e. The molecule has 0 saturated heterocycles. The Morgan fingerprint density at radius 1 is 1.05 bits per heavy atom. The van der Waals surface area contributed by atoms with Gasteiger partial charge >= 0.3 is 0 Å². The molecule has 0 bridgehead atoms. The van der Waals surface area contributed by atoms with Crippen molar-refractivity contribution in [3.63, 3.8) is 0 Å². The third-order valence-electron chi connectivity index (χ3n) is 2.93. The Hall–Kier alpha value is -2.33. The van der Waals surface area contributed by atoms with Gasteiger partial charge in [0.25, 0.3) is 5.91 Å². The van der Waals surface area contributed by atoms with Crippen molar-refractivity contribution in [1.82, 2.24) is 0 Å². The van der Waals surface area contributed by atoms with Crippen LogP contribution in [0.25, 0.3) is 0 Å². The van der Waals surface area contributed by atoms with E-state index in [9.17, 15) is 9.59 Å². The summed E-state index contributed by atoms with van der Waals surface area (Å²) in [6.07, 6.45) is 0. The van der Waals surface area contributed by atoms with Crippen LogP contribution in [0.2, 0.25) is 0 Å². The summed E-state index contributed by atoms with van der Waals surface area (Å²) in [6, 6.07) is 14.3. The van der Waals surface area contributed by atoms with Gasteiger partial charge in [-0.15, -0.1) is 11.6 Å². The average molecular weight is 303 g/mol. The van der Waals surface area contributed by atoms with Gasteiger partial charge in [-0.25, -0.2) is 0 Å². The van der Waals surface area contributed by atoms with E-state index in [1.807, 2.05) is 37.3 Å². The van der Waals surface area contributed by atoms with Gasteiger partial charge < -0.3 is 10.6 Å². The second-order valence-corrected chi connectivity index (χ2v) is 4.80. The first kappa shape index (κ1) is 15.1. The second kappa shape index (κ2) is 6.90. The third kappa shape index (κ3) is 4.07. The van der Waals surface area contributed by atoms with Crippen LogP contribution in [0.4, 0.5) is 11.4 Å². The van der Waals surface area contributed by atoms with Crippen molar-refractivity contribution >= 4 is 34.8 Å². The fraction of sp³-hybridized carbons (Fsp3) is 0.125. The van der Waals surface area contributed by atoms with Gasteiger partial charge in [0.2, 0.25) is 5.91 Å². The number of nitrogens with one attached hydrogen (secondary N) is 2. The number of carbonyl (C=O) groups is 2. The first-order valence-electron chi connectivity index (χ1n) is 6.43. The number of carbonyl (C=O) groups excluding carboxylic acids is 2. The molecule has 0 unspecified atom stereocenters. The van der Waals surface area contributed by atoms with Gasteiger partial charge in [0.15, 0.2) is 0 Å². The number of alkyl halides is 1. The molecule has 0 aliphatic carbocycles. The molecule has 2 N–H and O–H groups in total. The number of aryl methyl sites for hydroxylation is 1. The Bertz CT molecular complexity index is 657.